The molecule has 0 N–H and O–H groups in total. The van der Waals surface area contributed by atoms with Gasteiger partial charge in [-0.05, 0) is 25.0 Å². The second kappa shape index (κ2) is 4.82. The summed E-state index contributed by atoms with van der Waals surface area (Å²) >= 11 is 0. The first-order chi connectivity index (χ1) is 9.47. The molecule has 1 aliphatic rings. The minimum atomic E-state index is -3.07. The number of pyridine rings is 1. The molecule has 0 aromatic carbocycles. The molecule has 0 saturated carbocycles. The lowest BCUT2D eigenvalue weighted by Gasteiger charge is -2.29. The quantitative estimate of drug-likeness (QED) is 0.832. The molecule has 0 bridgehead atoms. The van der Waals surface area contributed by atoms with E-state index in [1.807, 2.05) is 19.2 Å². The minimum Gasteiger partial charge on any atom is -0.250 e. The molecule has 0 atom stereocenters. The first-order valence-corrected chi connectivity index (χ1v) is 8.54. The first-order valence-electron chi connectivity index (χ1n) is 6.69. The molecule has 108 valence electrons. The number of hydrogen-bond donors (Lipinski definition) is 0. The van der Waals surface area contributed by atoms with E-state index in [-0.39, 0.29) is 0 Å². The molecule has 0 radical (unpaired) electrons. The average molecular weight is 294 g/mol. The topological polar surface area (TPSA) is 68.1 Å². The van der Waals surface area contributed by atoms with Gasteiger partial charge in [0.1, 0.15) is 0 Å². The number of fused-ring (bicyclic) bond motifs is 1. The van der Waals surface area contributed by atoms with E-state index in [1.54, 1.807) is 15.2 Å². The lowest BCUT2D eigenvalue weighted by Crippen LogP contribution is -2.37. The Balaban J connectivity index is 1.87. The van der Waals surface area contributed by atoms with E-state index >= 15 is 0 Å². The third-order valence-corrected chi connectivity index (χ3v) is 5.24. The van der Waals surface area contributed by atoms with Gasteiger partial charge in [-0.25, -0.2) is 17.7 Å². The molecule has 1 fully saturated rings. The Morgan fingerprint density at radius 2 is 2.00 bits per heavy atom. The number of aryl methyl sites for hydroxylation is 1. The van der Waals surface area contributed by atoms with E-state index in [4.69, 9.17) is 0 Å². The second-order valence-corrected chi connectivity index (χ2v) is 7.30. The number of rotatable bonds is 2. The summed E-state index contributed by atoms with van der Waals surface area (Å²) in [6, 6.07) is 3.95. The maximum absolute atomic E-state index is 11.5. The van der Waals surface area contributed by atoms with Gasteiger partial charge in [0.25, 0.3) is 0 Å². The Morgan fingerprint density at radius 1 is 1.30 bits per heavy atom. The minimum absolute atomic E-state index is 0.306. The van der Waals surface area contributed by atoms with Gasteiger partial charge < -0.3 is 0 Å². The van der Waals surface area contributed by atoms with E-state index in [2.05, 4.69) is 10.1 Å². The molecule has 6 nitrogen and oxygen atoms in total. The zero-order chi connectivity index (χ0) is 14.3. The van der Waals surface area contributed by atoms with Crippen LogP contribution in [0, 0.1) is 0 Å². The molecular weight excluding hydrogens is 276 g/mol. The van der Waals surface area contributed by atoms with Crippen molar-refractivity contribution in [1.29, 1.82) is 0 Å². The Morgan fingerprint density at radius 3 is 2.65 bits per heavy atom. The average Bonchev–Trinajstić information content (AvgIpc) is 2.76. The SMILES string of the molecule is Cn1nc(C2CCN(S(C)(=O)=O)CC2)c2cccnc21. The molecule has 0 amide bonds. The molecule has 1 saturated heterocycles. The van der Waals surface area contributed by atoms with Crippen LogP contribution in [0.15, 0.2) is 18.3 Å². The summed E-state index contributed by atoms with van der Waals surface area (Å²) in [5.41, 5.74) is 1.93. The highest BCUT2D eigenvalue weighted by Crippen LogP contribution is 2.32. The fraction of sp³-hybridized carbons (Fsp3) is 0.538. The van der Waals surface area contributed by atoms with Crippen LogP contribution in [0.2, 0.25) is 0 Å². The van der Waals surface area contributed by atoms with Crippen molar-refractivity contribution in [2.75, 3.05) is 19.3 Å². The van der Waals surface area contributed by atoms with Gasteiger partial charge in [0.2, 0.25) is 10.0 Å². The van der Waals surface area contributed by atoms with Gasteiger partial charge in [-0.1, -0.05) is 0 Å². The maximum atomic E-state index is 11.5. The van der Waals surface area contributed by atoms with Gasteiger partial charge in [0, 0.05) is 37.6 Å². The largest absolute Gasteiger partial charge is 0.250 e. The predicted octanol–water partition coefficient (Wildman–Crippen LogP) is 1.11. The van der Waals surface area contributed by atoms with Crippen molar-refractivity contribution in [2.24, 2.45) is 7.05 Å². The van der Waals surface area contributed by atoms with E-state index < -0.39 is 10.0 Å². The summed E-state index contributed by atoms with van der Waals surface area (Å²) in [6.45, 7) is 1.14. The summed E-state index contributed by atoms with van der Waals surface area (Å²) in [5.74, 6) is 0.306. The second-order valence-electron chi connectivity index (χ2n) is 5.32. The summed E-state index contributed by atoms with van der Waals surface area (Å²) in [5, 5.41) is 5.66. The number of hydrogen-bond acceptors (Lipinski definition) is 4. The fourth-order valence-electron chi connectivity index (χ4n) is 2.88. The number of nitrogens with zero attached hydrogens (tertiary/aromatic N) is 4. The monoisotopic (exact) mass is 294 g/mol. The van der Waals surface area contributed by atoms with Crippen LogP contribution in [-0.4, -0.2) is 46.8 Å². The molecule has 7 heteroatoms. The number of sulfonamides is 1. The summed E-state index contributed by atoms with van der Waals surface area (Å²) in [6.07, 6.45) is 4.66. The van der Waals surface area contributed by atoms with Crippen molar-refractivity contribution in [1.82, 2.24) is 19.1 Å². The Kier molecular flexibility index (Phi) is 3.25. The first kappa shape index (κ1) is 13.5. The molecule has 0 unspecified atom stereocenters. The summed E-state index contributed by atoms with van der Waals surface area (Å²) < 4.78 is 26.4. The smallest absolute Gasteiger partial charge is 0.211 e. The Hall–Kier alpha value is -1.47. The lowest BCUT2D eigenvalue weighted by molar-refractivity contribution is 0.318. The van der Waals surface area contributed by atoms with E-state index in [1.165, 1.54) is 6.26 Å². The van der Waals surface area contributed by atoms with Gasteiger partial charge in [-0.15, -0.1) is 0 Å². The predicted molar refractivity (Wildman–Crippen MR) is 76.9 cm³/mol. The van der Waals surface area contributed by atoms with Gasteiger partial charge in [0.15, 0.2) is 5.65 Å². The van der Waals surface area contributed by atoms with Crippen LogP contribution < -0.4 is 0 Å². The van der Waals surface area contributed by atoms with Crippen molar-refractivity contribution in [3.8, 4) is 0 Å². The van der Waals surface area contributed by atoms with Crippen LogP contribution in [0.3, 0.4) is 0 Å². The molecule has 3 heterocycles. The standard InChI is InChI=1S/C13H18N4O2S/c1-16-13-11(4-3-7-14-13)12(15-16)10-5-8-17(9-6-10)20(2,18)19/h3-4,7,10H,5-6,8-9H2,1-2H3. The Bertz CT molecular complexity index is 730. The summed E-state index contributed by atoms with van der Waals surface area (Å²) in [7, 11) is -1.18. The molecule has 20 heavy (non-hydrogen) atoms. The highest BCUT2D eigenvalue weighted by atomic mass is 32.2. The molecule has 0 aliphatic carbocycles. The van der Waals surface area contributed by atoms with E-state index in [0.717, 1.165) is 29.6 Å². The van der Waals surface area contributed by atoms with Crippen LogP contribution in [0.1, 0.15) is 24.5 Å². The van der Waals surface area contributed by atoms with Crippen LogP contribution >= 0.6 is 0 Å². The van der Waals surface area contributed by atoms with Gasteiger partial charge in [-0.2, -0.15) is 5.10 Å². The normalized spacial score (nSPS) is 18.7. The fourth-order valence-corrected chi connectivity index (χ4v) is 3.75. The van der Waals surface area contributed by atoms with E-state index in [0.29, 0.717) is 19.0 Å². The van der Waals surface area contributed by atoms with Gasteiger partial charge in [0.05, 0.1) is 11.9 Å². The van der Waals surface area contributed by atoms with E-state index in [9.17, 15) is 8.42 Å². The Labute approximate surface area is 118 Å². The van der Waals surface area contributed by atoms with Gasteiger partial charge in [-0.3, -0.25) is 4.68 Å². The number of aromatic nitrogens is 3. The van der Waals surface area contributed by atoms with Crippen molar-refractivity contribution in [3.63, 3.8) is 0 Å². The highest BCUT2D eigenvalue weighted by molar-refractivity contribution is 7.88. The van der Waals surface area contributed by atoms with Crippen molar-refractivity contribution in [2.45, 2.75) is 18.8 Å². The zero-order valence-corrected chi connectivity index (χ0v) is 12.5. The van der Waals surface area contributed by atoms with Crippen molar-refractivity contribution >= 4 is 21.1 Å². The van der Waals surface area contributed by atoms with Crippen molar-refractivity contribution in [3.05, 3.63) is 24.0 Å². The van der Waals surface area contributed by atoms with Gasteiger partial charge >= 0.3 is 0 Å². The van der Waals surface area contributed by atoms with Crippen LogP contribution in [0.25, 0.3) is 11.0 Å². The van der Waals surface area contributed by atoms with Crippen molar-refractivity contribution < 1.29 is 8.42 Å². The molecule has 1 aliphatic heterocycles. The zero-order valence-electron chi connectivity index (χ0n) is 11.7. The molecule has 0 spiro atoms. The number of piperidine rings is 1. The summed E-state index contributed by atoms with van der Waals surface area (Å²) in [4.78, 5) is 4.34. The highest BCUT2D eigenvalue weighted by Gasteiger charge is 2.28. The van der Waals surface area contributed by atoms with Crippen LogP contribution in [0.4, 0.5) is 0 Å². The lowest BCUT2D eigenvalue weighted by atomic mass is 9.93. The third-order valence-electron chi connectivity index (χ3n) is 3.94. The maximum Gasteiger partial charge on any atom is 0.211 e. The van der Waals surface area contributed by atoms with Crippen LogP contribution in [-0.2, 0) is 17.1 Å². The third kappa shape index (κ3) is 2.31. The molecule has 3 rings (SSSR count). The van der Waals surface area contributed by atoms with Crippen LogP contribution in [0.5, 0.6) is 0 Å². The molecule has 2 aromatic heterocycles. The molecular formula is C13H18N4O2S. The molecule has 2 aromatic rings.